The lowest BCUT2D eigenvalue weighted by Crippen LogP contribution is -2.11. The van der Waals surface area contributed by atoms with Crippen molar-refractivity contribution in [3.63, 3.8) is 0 Å². The first-order chi connectivity index (χ1) is 10.2. The summed E-state index contributed by atoms with van der Waals surface area (Å²) in [5.41, 5.74) is 0.757. The number of carbonyl (C=O) groups is 1. The van der Waals surface area contributed by atoms with Crippen molar-refractivity contribution in [2.75, 3.05) is 17.3 Å². The van der Waals surface area contributed by atoms with E-state index in [9.17, 15) is 4.79 Å². The maximum Gasteiger partial charge on any atom is 0.225 e. The molecular formula is C16H16ClNO2S. The predicted octanol–water partition coefficient (Wildman–Crippen LogP) is 4.82. The second kappa shape index (κ2) is 7.96. The van der Waals surface area contributed by atoms with E-state index in [1.54, 1.807) is 36.0 Å². The van der Waals surface area contributed by atoms with Gasteiger partial charge in [0.2, 0.25) is 5.91 Å². The summed E-state index contributed by atoms with van der Waals surface area (Å²) in [5.74, 6) is 2.12. The van der Waals surface area contributed by atoms with E-state index in [-0.39, 0.29) is 5.91 Å². The number of benzene rings is 2. The highest BCUT2D eigenvalue weighted by molar-refractivity contribution is 7.98. The third kappa shape index (κ3) is 4.99. The van der Waals surface area contributed by atoms with Crippen LogP contribution >= 0.6 is 23.4 Å². The van der Waals surface area contributed by atoms with Gasteiger partial charge in [-0.25, -0.2) is 0 Å². The van der Waals surface area contributed by atoms with Crippen LogP contribution in [-0.2, 0) is 4.79 Å². The predicted molar refractivity (Wildman–Crippen MR) is 89.6 cm³/mol. The van der Waals surface area contributed by atoms with Gasteiger partial charge in [0.25, 0.3) is 0 Å². The minimum absolute atomic E-state index is 0.0177. The Morgan fingerprint density at radius 1 is 1.19 bits per heavy atom. The third-order valence-electron chi connectivity index (χ3n) is 2.74. The fraction of sp³-hybridized carbons (Fsp3) is 0.188. The van der Waals surface area contributed by atoms with Gasteiger partial charge in [-0.05, 0) is 42.7 Å². The van der Waals surface area contributed by atoms with Crippen molar-refractivity contribution >= 4 is 35.0 Å². The van der Waals surface area contributed by atoms with Crippen molar-refractivity contribution in [2.45, 2.75) is 6.42 Å². The van der Waals surface area contributed by atoms with Crippen LogP contribution in [0.2, 0.25) is 5.02 Å². The van der Waals surface area contributed by atoms with Gasteiger partial charge >= 0.3 is 0 Å². The average Bonchev–Trinajstić information content (AvgIpc) is 2.49. The van der Waals surface area contributed by atoms with Crippen molar-refractivity contribution in [3.8, 4) is 11.5 Å². The summed E-state index contributed by atoms with van der Waals surface area (Å²) in [4.78, 5) is 11.6. The molecule has 0 radical (unpaired) electrons. The number of thioether (sulfide) groups is 1. The maximum absolute atomic E-state index is 11.6. The zero-order chi connectivity index (χ0) is 15.1. The van der Waals surface area contributed by atoms with Crippen LogP contribution < -0.4 is 10.1 Å². The van der Waals surface area contributed by atoms with E-state index >= 15 is 0 Å². The highest BCUT2D eigenvalue weighted by Crippen LogP contribution is 2.29. The highest BCUT2D eigenvalue weighted by atomic mass is 35.5. The topological polar surface area (TPSA) is 38.3 Å². The molecular weight excluding hydrogens is 306 g/mol. The summed E-state index contributed by atoms with van der Waals surface area (Å²) in [6, 6.07) is 14.5. The third-order valence-corrected chi connectivity index (χ3v) is 3.66. The molecule has 1 N–H and O–H groups in total. The van der Waals surface area contributed by atoms with E-state index in [2.05, 4.69) is 5.32 Å². The fourth-order valence-corrected chi connectivity index (χ4v) is 2.24. The molecule has 0 heterocycles. The monoisotopic (exact) mass is 321 g/mol. The molecule has 5 heteroatoms. The van der Waals surface area contributed by atoms with Gasteiger partial charge in [-0.3, -0.25) is 4.79 Å². The molecule has 0 bridgehead atoms. The van der Waals surface area contributed by atoms with Gasteiger partial charge in [0.05, 0.1) is 5.02 Å². The van der Waals surface area contributed by atoms with E-state index in [0.29, 0.717) is 22.9 Å². The first-order valence-electron chi connectivity index (χ1n) is 6.50. The number of anilines is 1. The lowest BCUT2D eigenvalue weighted by molar-refractivity contribution is -0.115. The zero-order valence-corrected chi connectivity index (χ0v) is 13.2. The van der Waals surface area contributed by atoms with Gasteiger partial charge in [0, 0.05) is 17.9 Å². The Kier molecular flexibility index (Phi) is 5.96. The van der Waals surface area contributed by atoms with Crippen molar-refractivity contribution in [1.82, 2.24) is 0 Å². The minimum Gasteiger partial charge on any atom is -0.456 e. The summed E-state index contributed by atoms with van der Waals surface area (Å²) in [6.45, 7) is 0. The lowest BCUT2D eigenvalue weighted by Gasteiger charge is -2.09. The number of nitrogens with one attached hydrogen (secondary N) is 1. The van der Waals surface area contributed by atoms with Crippen LogP contribution in [0.15, 0.2) is 48.5 Å². The molecule has 0 spiro atoms. The van der Waals surface area contributed by atoms with Crippen LogP contribution in [0.4, 0.5) is 5.69 Å². The summed E-state index contributed by atoms with van der Waals surface area (Å²) in [7, 11) is 0. The highest BCUT2D eigenvalue weighted by Gasteiger charge is 2.04. The number of halogens is 1. The SMILES string of the molecule is CSCCC(=O)Nc1ccc(Oc2ccccc2Cl)cc1. The minimum atomic E-state index is 0.0177. The van der Waals surface area contributed by atoms with E-state index < -0.39 is 0 Å². The van der Waals surface area contributed by atoms with E-state index in [0.717, 1.165) is 11.4 Å². The molecule has 1 amide bonds. The maximum atomic E-state index is 11.6. The van der Waals surface area contributed by atoms with Crippen LogP contribution in [0.5, 0.6) is 11.5 Å². The first kappa shape index (κ1) is 15.7. The molecule has 0 aromatic heterocycles. The van der Waals surface area contributed by atoms with E-state index in [1.807, 2.05) is 30.5 Å². The molecule has 2 rings (SSSR count). The van der Waals surface area contributed by atoms with Crippen LogP contribution in [-0.4, -0.2) is 17.9 Å². The number of hydrogen-bond donors (Lipinski definition) is 1. The van der Waals surface area contributed by atoms with Gasteiger partial charge in [-0.2, -0.15) is 11.8 Å². The number of para-hydroxylation sites is 1. The van der Waals surface area contributed by atoms with Crippen LogP contribution in [0.25, 0.3) is 0 Å². The Balaban J connectivity index is 1.96. The van der Waals surface area contributed by atoms with Crippen molar-refractivity contribution < 1.29 is 9.53 Å². The molecule has 0 unspecified atom stereocenters. The number of rotatable bonds is 6. The number of carbonyl (C=O) groups excluding carboxylic acids is 1. The lowest BCUT2D eigenvalue weighted by atomic mass is 10.3. The number of ether oxygens (including phenoxy) is 1. The van der Waals surface area contributed by atoms with Crippen LogP contribution in [0.3, 0.4) is 0 Å². The second-order valence-corrected chi connectivity index (χ2v) is 5.74. The van der Waals surface area contributed by atoms with E-state index in [1.165, 1.54) is 0 Å². The molecule has 0 aliphatic heterocycles. The van der Waals surface area contributed by atoms with Gasteiger partial charge in [0.15, 0.2) is 0 Å². The van der Waals surface area contributed by atoms with Crippen molar-refractivity contribution in [2.24, 2.45) is 0 Å². The van der Waals surface area contributed by atoms with Crippen molar-refractivity contribution in [3.05, 3.63) is 53.6 Å². The molecule has 0 saturated heterocycles. The molecule has 110 valence electrons. The quantitative estimate of drug-likeness (QED) is 0.828. The molecule has 21 heavy (non-hydrogen) atoms. The van der Waals surface area contributed by atoms with Gasteiger partial charge < -0.3 is 10.1 Å². The van der Waals surface area contributed by atoms with Crippen LogP contribution in [0.1, 0.15) is 6.42 Å². The molecule has 0 atom stereocenters. The number of hydrogen-bond acceptors (Lipinski definition) is 3. The van der Waals surface area contributed by atoms with Gasteiger partial charge in [-0.15, -0.1) is 0 Å². The zero-order valence-electron chi connectivity index (χ0n) is 11.6. The Morgan fingerprint density at radius 2 is 1.90 bits per heavy atom. The normalized spacial score (nSPS) is 10.2. The van der Waals surface area contributed by atoms with Gasteiger partial charge in [-0.1, -0.05) is 23.7 Å². The molecule has 0 aliphatic rings. The van der Waals surface area contributed by atoms with E-state index in [4.69, 9.17) is 16.3 Å². The molecule has 0 aliphatic carbocycles. The fourth-order valence-electron chi connectivity index (χ4n) is 1.68. The molecule has 0 saturated carbocycles. The molecule has 2 aromatic carbocycles. The Morgan fingerprint density at radius 3 is 2.57 bits per heavy atom. The largest absolute Gasteiger partial charge is 0.456 e. The summed E-state index contributed by atoms with van der Waals surface area (Å²) < 4.78 is 5.69. The van der Waals surface area contributed by atoms with Crippen LogP contribution in [0, 0.1) is 0 Å². The smallest absolute Gasteiger partial charge is 0.225 e. The molecule has 2 aromatic rings. The Labute approximate surface area is 133 Å². The molecule has 0 fully saturated rings. The van der Waals surface area contributed by atoms with Crippen molar-refractivity contribution in [1.29, 1.82) is 0 Å². The number of amides is 1. The average molecular weight is 322 g/mol. The summed E-state index contributed by atoms with van der Waals surface area (Å²) >= 11 is 7.69. The standard InChI is InChI=1S/C16H16ClNO2S/c1-21-11-10-16(19)18-12-6-8-13(9-7-12)20-15-5-3-2-4-14(15)17/h2-9H,10-11H2,1H3,(H,18,19). The summed E-state index contributed by atoms with van der Waals surface area (Å²) in [5, 5.41) is 3.41. The Bertz CT molecular complexity index is 601. The van der Waals surface area contributed by atoms with Gasteiger partial charge in [0.1, 0.15) is 11.5 Å². The Hall–Kier alpha value is -1.65. The summed E-state index contributed by atoms with van der Waals surface area (Å²) in [6.07, 6.45) is 2.49. The molecule has 3 nitrogen and oxygen atoms in total. The second-order valence-electron chi connectivity index (χ2n) is 4.35. The first-order valence-corrected chi connectivity index (χ1v) is 8.27.